The van der Waals surface area contributed by atoms with Crippen molar-refractivity contribution in [2.75, 3.05) is 13.1 Å². The van der Waals surface area contributed by atoms with E-state index in [1.54, 1.807) is 6.33 Å². The third-order valence-electron chi connectivity index (χ3n) is 4.45. The van der Waals surface area contributed by atoms with E-state index in [-0.39, 0.29) is 36.7 Å². The van der Waals surface area contributed by atoms with Crippen LogP contribution >= 0.6 is 0 Å². The van der Waals surface area contributed by atoms with Gasteiger partial charge in [0.15, 0.2) is 5.82 Å². The molecule has 1 saturated heterocycles. The normalized spacial score (nSPS) is 16.8. The van der Waals surface area contributed by atoms with Gasteiger partial charge in [-0.3, -0.25) is 9.59 Å². The van der Waals surface area contributed by atoms with Crippen LogP contribution in [0, 0.1) is 0 Å². The zero-order valence-corrected chi connectivity index (χ0v) is 15.0. The largest absolute Gasteiger partial charge is 0.346 e. The van der Waals surface area contributed by atoms with E-state index in [1.807, 2.05) is 30.2 Å². The lowest BCUT2D eigenvalue weighted by molar-refractivity contribution is -0.133. The van der Waals surface area contributed by atoms with Gasteiger partial charge in [0.25, 0.3) is 0 Å². The molecular weight excluding hydrogens is 306 g/mol. The predicted octanol–water partition coefficient (Wildman–Crippen LogP) is 2.22. The molecule has 1 unspecified atom stereocenters. The molecule has 0 spiro atoms. The van der Waals surface area contributed by atoms with Crippen LogP contribution in [0.25, 0.3) is 0 Å². The van der Waals surface area contributed by atoms with Gasteiger partial charge in [-0.25, -0.2) is 0 Å². The summed E-state index contributed by atoms with van der Waals surface area (Å²) in [4.78, 5) is 26.3. The Bertz CT molecular complexity index is 547. The van der Waals surface area contributed by atoms with Crippen molar-refractivity contribution < 1.29 is 9.59 Å². The smallest absolute Gasteiger partial charge is 0.223 e. The number of nitrogens with one attached hydrogen (secondary N) is 1. The van der Waals surface area contributed by atoms with Crippen LogP contribution in [0.4, 0.5) is 0 Å². The fourth-order valence-electron chi connectivity index (χ4n) is 3.04. The number of aromatic nitrogens is 3. The van der Waals surface area contributed by atoms with E-state index in [0.717, 1.165) is 31.8 Å². The minimum absolute atomic E-state index is 0.0880. The lowest BCUT2D eigenvalue weighted by Gasteiger charge is -2.20. The number of hydrogen-bond acceptors (Lipinski definition) is 4. The molecule has 1 N–H and O–H groups in total. The molecular formula is C17H29N5O2. The Morgan fingerprint density at radius 3 is 2.42 bits per heavy atom. The minimum Gasteiger partial charge on any atom is -0.346 e. The van der Waals surface area contributed by atoms with Gasteiger partial charge in [-0.1, -0.05) is 12.8 Å². The van der Waals surface area contributed by atoms with Crippen molar-refractivity contribution in [3.8, 4) is 0 Å². The van der Waals surface area contributed by atoms with E-state index in [4.69, 9.17) is 0 Å². The lowest BCUT2D eigenvalue weighted by atomic mass is 10.2. The summed E-state index contributed by atoms with van der Waals surface area (Å²) in [6, 6.07) is 0.00894. The summed E-state index contributed by atoms with van der Waals surface area (Å²) in [6.45, 7) is 7.63. The number of carbonyl (C=O) groups excluding carboxylic acids is 2. The molecule has 1 aromatic rings. The topological polar surface area (TPSA) is 80.1 Å². The fourth-order valence-corrected chi connectivity index (χ4v) is 3.04. The van der Waals surface area contributed by atoms with Crippen LogP contribution < -0.4 is 5.32 Å². The van der Waals surface area contributed by atoms with Gasteiger partial charge in [-0.15, -0.1) is 10.2 Å². The molecule has 24 heavy (non-hydrogen) atoms. The summed E-state index contributed by atoms with van der Waals surface area (Å²) in [5, 5.41) is 10.9. The first kappa shape index (κ1) is 18.4. The van der Waals surface area contributed by atoms with E-state index in [9.17, 15) is 9.59 Å². The molecule has 2 amide bonds. The second-order valence-electron chi connectivity index (χ2n) is 6.77. The van der Waals surface area contributed by atoms with Gasteiger partial charge in [0.1, 0.15) is 6.33 Å². The van der Waals surface area contributed by atoms with Crippen molar-refractivity contribution in [2.24, 2.45) is 0 Å². The number of rotatable bonds is 6. The molecule has 2 heterocycles. The Kier molecular flexibility index (Phi) is 6.75. The number of nitrogens with zero attached hydrogens (tertiary/aromatic N) is 4. The Hall–Kier alpha value is -1.92. The maximum atomic E-state index is 12.2. The van der Waals surface area contributed by atoms with Crippen LogP contribution in [0.15, 0.2) is 6.33 Å². The zero-order chi connectivity index (χ0) is 17.5. The molecule has 1 fully saturated rings. The molecule has 1 aromatic heterocycles. The molecule has 2 rings (SSSR count). The number of likely N-dealkylation sites (tertiary alicyclic amines) is 1. The highest BCUT2D eigenvalue weighted by Gasteiger charge is 2.19. The molecule has 134 valence electrons. The molecule has 0 bridgehead atoms. The number of carbonyl (C=O) groups is 2. The number of amides is 2. The molecule has 1 aliphatic rings. The average Bonchev–Trinajstić information content (AvgIpc) is 2.89. The molecule has 1 aliphatic heterocycles. The Morgan fingerprint density at radius 2 is 1.79 bits per heavy atom. The van der Waals surface area contributed by atoms with E-state index in [1.165, 1.54) is 12.8 Å². The first-order chi connectivity index (χ1) is 11.5. The molecule has 0 aliphatic carbocycles. The van der Waals surface area contributed by atoms with Crippen LogP contribution in [0.1, 0.15) is 77.2 Å². The molecule has 7 nitrogen and oxygen atoms in total. The van der Waals surface area contributed by atoms with Gasteiger partial charge in [-0.2, -0.15) is 0 Å². The van der Waals surface area contributed by atoms with Crippen LogP contribution in [-0.2, 0) is 9.59 Å². The second kappa shape index (κ2) is 8.80. The van der Waals surface area contributed by atoms with Crippen molar-refractivity contribution >= 4 is 11.8 Å². The monoisotopic (exact) mass is 335 g/mol. The van der Waals surface area contributed by atoms with Gasteiger partial charge >= 0.3 is 0 Å². The quantitative estimate of drug-likeness (QED) is 0.864. The minimum atomic E-state index is -0.226. The van der Waals surface area contributed by atoms with Crippen molar-refractivity contribution in [3.63, 3.8) is 0 Å². The Labute approximate surface area is 143 Å². The molecule has 7 heteroatoms. The molecule has 1 atom stereocenters. The van der Waals surface area contributed by atoms with Crippen LogP contribution in [0.5, 0.6) is 0 Å². The van der Waals surface area contributed by atoms with Crippen molar-refractivity contribution in [1.82, 2.24) is 25.0 Å². The van der Waals surface area contributed by atoms with E-state index in [2.05, 4.69) is 15.5 Å². The van der Waals surface area contributed by atoms with Crippen LogP contribution in [-0.4, -0.2) is 44.6 Å². The fraction of sp³-hybridized carbons (Fsp3) is 0.765. The summed E-state index contributed by atoms with van der Waals surface area (Å²) in [6.07, 6.45) is 6.69. The van der Waals surface area contributed by atoms with Crippen molar-refractivity contribution in [3.05, 3.63) is 12.2 Å². The third-order valence-corrected chi connectivity index (χ3v) is 4.45. The van der Waals surface area contributed by atoms with Crippen molar-refractivity contribution in [2.45, 2.75) is 71.4 Å². The number of hydrogen-bond donors (Lipinski definition) is 1. The van der Waals surface area contributed by atoms with Gasteiger partial charge in [0.05, 0.1) is 6.04 Å². The highest BCUT2D eigenvalue weighted by atomic mass is 16.2. The van der Waals surface area contributed by atoms with Crippen LogP contribution in [0.2, 0.25) is 0 Å². The maximum absolute atomic E-state index is 12.2. The third kappa shape index (κ3) is 5.04. The van der Waals surface area contributed by atoms with E-state index < -0.39 is 0 Å². The summed E-state index contributed by atoms with van der Waals surface area (Å²) in [5.41, 5.74) is 0. The van der Waals surface area contributed by atoms with Crippen LogP contribution in [0.3, 0.4) is 0 Å². The lowest BCUT2D eigenvalue weighted by Crippen LogP contribution is -2.34. The first-order valence-corrected chi connectivity index (χ1v) is 8.95. The van der Waals surface area contributed by atoms with Crippen molar-refractivity contribution in [1.29, 1.82) is 0 Å². The van der Waals surface area contributed by atoms with Gasteiger partial charge < -0.3 is 14.8 Å². The Balaban J connectivity index is 1.80. The molecule has 0 radical (unpaired) electrons. The summed E-state index contributed by atoms with van der Waals surface area (Å²) >= 11 is 0. The average molecular weight is 335 g/mol. The SMILES string of the molecule is CC(NC(=O)CCC(=O)N1CCCCCC1)c1nncn1C(C)C. The zero-order valence-electron chi connectivity index (χ0n) is 15.0. The van der Waals surface area contributed by atoms with E-state index in [0.29, 0.717) is 0 Å². The highest BCUT2D eigenvalue weighted by molar-refractivity contribution is 5.83. The van der Waals surface area contributed by atoms with Gasteiger partial charge in [0, 0.05) is 32.0 Å². The highest BCUT2D eigenvalue weighted by Crippen LogP contribution is 2.15. The van der Waals surface area contributed by atoms with Gasteiger partial charge in [0.2, 0.25) is 11.8 Å². The standard InChI is InChI=1S/C17H29N5O2/c1-13(2)22-12-18-20-17(22)14(3)19-15(23)8-9-16(24)21-10-6-4-5-7-11-21/h12-14H,4-11H2,1-3H3,(H,19,23). The van der Waals surface area contributed by atoms with E-state index >= 15 is 0 Å². The molecule has 0 aromatic carbocycles. The Morgan fingerprint density at radius 1 is 1.12 bits per heavy atom. The predicted molar refractivity (Wildman–Crippen MR) is 91.2 cm³/mol. The summed E-state index contributed by atoms with van der Waals surface area (Å²) in [7, 11) is 0. The van der Waals surface area contributed by atoms with Gasteiger partial charge in [-0.05, 0) is 33.6 Å². The summed E-state index contributed by atoms with van der Waals surface area (Å²) < 4.78 is 1.94. The first-order valence-electron chi connectivity index (χ1n) is 8.95. The second-order valence-corrected chi connectivity index (χ2v) is 6.77. The molecule has 0 saturated carbocycles. The summed E-state index contributed by atoms with van der Waals surface area (Å²) in [5.74, 6) is 0.700. The maximum Gasteiger partial charge on any atom is 0.223 e.